The van der Waals surface area contributed by atoms with Crippen LogP contribution in [0.4, 0.5) is 33.6 Å². The normalized spacial score (nSPS) is 22.9. The summed E-state index contributed by atoms with van der Waals surface area (Å²) < 4.78 is 77.6. The van der Waals surface area contributed by atoms with Crippen molar-refractivity contribution < 1.29 is 46.5 Å². The average Bonchev–Trinajstić information content (AvgIpc) is 3.61. The molecule has 3 aliphatic carbocycles. The van der Waals surface area contributed by atoms with E-state index in [0.717, 1.165) is 10.7 Å². The largest absolute Gasteiger partial charge is 0.505 e. The lowest BCUT2D eigenvalue weighted by Crippen LogP contribution is -2.81. The molecule has 0 radical (unpaired) electrons. The number of amides is 2. The number of aromatic hydroxyl groups is 2. The van der Waals surface area contributed by atoms with E-state index < -0.39 is 83.6 Å². The zero-order valence-electron chi connectivity index (χ0n) is 31.2. The number of carbonyl (C=O) groups is 2. The Morgan fingerprint density at radius 2 is 1.74 bits per heavy atom. The molecule has 3 saturated carbocycles. The van der Waals surface area contributed by atoms with Crippen LogP contribution in [0.15, 0.2) is 34.1 Å². The number of nitrogens with zero attached hydrogens (tertiary/aromatic N) is 10. The van der Waals surface area contributed by atoms with Gasteiger partial charge in [0.15, 0.2) is 11.4 Å². The second-order valence-electron chi connectivity index (χ2n) is 15.3. The molecule has 2 bridgehead atoms. The minimum atomic E-state index is -5.73. The molecule has 0 spiro atoms. The molecule has 23 heteroatoms. The van der Waals surface area contributed by atoms with Gasteiger partial charge >= 0.3 is 12.1 Å². The Hall–Kier alpha value is -5.87. The first kappa shape index (κ1) is 39.0. The summed E-state index contributed by atoms with van der Waals surface area (Å²) in [5.41, 5.74) is -4.43. The molecule has 4 aromatic rings. The molecule has 4 fully saturated rings. The molecule has 4 aromatic heterocycles. The summed E-state index contributed by atoms with van der Waals surface area (Å²) >= 11 is 0. The predicted octanol–water partition coefficient (Wildman–Crippen LogP) is 1.22. The van der Waals surface area contributed by atoms with Gasteiger partial charge in [-0.1, -0.05) is 6.92 Å². The predicted molar refractivity (Wildman–Crippen MR) is 191 cm³/mol. The van der Waals surface area contributed by atoms with E-state index in [1.54, 1.807) is 23.8 Å². The Bertz CT molecular complexity index is 2420. The maximum atomic E-state index is 14.4. The lowest BCUT2D eigenvalue weighted by atomic mass is 9.37. The van der Waals surface area contributed by atoms with Crippen LogP contribution >= 0.6 is 0 Å². The zero-order chi connectivity index (χ0) is 41.5. The number of anilines is 2. The number of carbonyl (C=O) groups excluding carboxylic acids is 2. The van der Waals surface area contributed by atoms with Crippen LogP contribution in [0.1, 0.15) is 54.2 Å². The van der Waals surface area contributed by atoms with Crippen molar-refractivity contribution >= 4 is 29.2 Å². The van der Waals surface area contributed by atoms with Crippen molar-refractivity contribution in [3.8, 4) is 11.5 Å². The fraction of sp³-hybridized carbons (Fsp3) is 0.543. The third kappa shape index (κ3) is 6.08. The molecule has 1 unspecified atom stereocenters. The molecule has 1 saturated heterocycles. The van der Waals surface area contributed by atoms with Crippen molar-refractivity contribution in [2.24, 2.45) is 5.41 Å². The number of hydrogen-bond acceptors (Lipinski definition) is 13. The van der Waals surface area contributed by atoms with E-state index in [4.69, 9.17) is 4.74 Å². The molecule has 5 aliphatic rings. The highest BCUT2D eigenvalue weighted by atomic mass is 19.4. The molecular weight excluding hydrogens is 781 g/mol. The second-order valence-corrected chi connectivity index (χ2v) is 15.3. The first-order valence-corrected chi connectivity index (χ1v) is 18.4. The van der Waals surface area contributed by atoms with Gasteiger partial charge in [0, 0.05) is 51.5 Å². The Balaban J connectivity index is 1.11. The number of hydrogen-bond donors (Lipinski definition) is 3. The van der Waals surface area contributed by atoms with Gasteiger partial charge in [-0.3, -0.25) is 23.7 Å². The van der Waals surface area contributed by atoms with E-state index in [-0.39, 0.29) is 87.0 Å². The summed E-state index contributed by atoms with van der Waals surface area (Å²) in [6, 6.07) is 2.16. The number of likely N-dealkylation sites (N-methyl/N-ethyl adjacent to an activating group) is 1. The number of pyridine rings is 1. The van der Waals surface area contributed by atoms with Crippen LogP contribution in [0.25, 0.3) is 5.78 Å². The molecule has 2 amide bonds. The van der Waals surface area contributed by atoms with Gasteiger partial charge in [0.2, 0.25) is 17.6 Å². The highest BCUT2D eigenvalue weighted by Crippen LogP contribution is 2.75. The molecule has 18 nitrogen and oxygen atoms in total. The third-order valence-electron chi connectivity index (χ3n) is 11.6. The van der Waals surface area contributed by atoms with E-state index in [9.17, 15) is 51.3 Å². The third-order valence-corrected chi connectivity index (χ3v) is 11.6. The smallest absolute Gasteiger partial charge is 0.453 e. The van der Waals surface area contributed by atoms with E-state index in [2.05, 4.69) is 25.4 Å². The topological polar surface area (TPSA) is 206 Å². The number of ether oxygens (including phenoxy) is 1. The molecule has 2 aliphatic heterocycles. The van der Waals surface area contributed by atoms with Gasteiger partial charge in [-0.25, -0.2) is 9.97 Å². The summed E-state index contributed by atoms with van der Waals surface area (Å²) in [5, 5.41) is 27.4. The zero-order valence-corrected chi connectivity index (χ0v) is 31.2. The van der Waals surface area contributed by atoms with Crippen LogP contribution in [0.5, 0.6) is 11.5 Å². The lowest BCUT2D eigenvalue weighted by molar-refractivity contribution is -0.387. The van der Waals surface area contributed by atoms with Gasteiger partial charge in [-0.15, -0.1) is 5.10 Å². The highest BCUT2D eigenvalue weighted by Gasteiger charge is 2.84. The molecule has 1 atom stereocenters. The van der Waals surface area contributed by atoms with Crippen LogP contribution in [0.2, 0.25) is 0 Å². The maximum Gasteiger partial charge on any atom is 0.453 e. The first-order chi connectivity index (χ1) is 27.4. The number of aromatic nitrogens is 7. The molecule has 3 N–H and O–H groups in total. The van der Waals surface area contributed by atoms with Gasteiger partial charge in [-0.2, -0.15) is 31.5 Å². The average molecular weight is 820 g/mol. The van der Waals surface area contributed by atoms with Crippen molar-refractivity contribution in [3.05, 3.63) is 62.4 Å². The number of rotatable bonds is 10. The monoisotopic (exact) mass is 819 g/mol. The van der Waals surface area contributed by atoms with Crippen molar-refractivity contribution in [2.75, 3.05) is 56.2 Å². The van der Waals surface area contributed by atoms with E-state index in [1.165, 1.54) is 32.4 Å². The van der Waals surface area contributed by atoms with Crippen molar-refractivity contribution in [3.63, 3.8) is 0 Å². The molecule has 310 valence electrons. The van der Waals surface area contributed by atoms with Crippen molar-refractivity contribution in [2.45, 2.75) is 69.4 Å². The van der Waals surface area contributed by atoms with E-state index in [1.807, 2.05) is 0 Å². The van der Waals surface area contributed by atoms with Gasteiger partial charge in [0.25, 0.3) is 17.0 Å². The fourth-order valence-electron chi connectivity index (χ4n) is 8.83. The van der Waals surface area contributed by atoms with Gasteiger partial charge in [-0.05, 0) is 37.8 Å². The molecular formula is C35H38F5N11O7. The quantitative estimate of drug-likeness (QED) is 0.193. The fourth-order valence-corrected chi connectivity index (χ4v) is 8.83. The van der Waals surface area contributed by atoms with Gasteiger partial charge in [0.05, 0.1) is 30.0 Å². The van der Waals surface area contributed by atoms with E-state index >= 15 is 0 Å². The molecule has 9 rings (SSSR count). The standard InChI is InChI=1S/C35H38F5N11O7/c1-3-20-26(47-7-9-48(10-8-47)28(56)25-21(52)5-4-6-41-25)29(57)51-31(49(20)13-24(54)44-33-16-32(17-33,18-33)34(36,37)35(38,39)40)43-30(45-51)46(2)12-19-14-58-15-23-42-11-22(53)27(55)50(19)23/h4-6,11,19,52-53H,3,7-10,12-18H2,1-2H3,(H,44,54). The summed E-state index contributed by atoms with van der Waals surface area (Å²) in [6.07, 6.45) is -4.78. The van der Waals surface area contributed by atoms with Crippen molar-refractivity contribution in [1.29, 1.82) is 0 Å². The highest BCUT2D eigenvalue weighted by molar-refractivity contribution is 5.95. The molecule has 6 heterocycles. The van der Waals surface area contributed by atoms with Crippen LogP contribution in [0, 0.1) is 5.41 Å². The Morgan fingerprint density at radius 1 is 1.03 bits per heavy atom. The Labute approximate surface area is 324 Å². The summed E-state index contributed by atoms with van der Waals surface area (Å²) in [4.78, 5) is 71.6. The first-order valence-electron chi connectivity index (χ1n) is 18.4. The van der Waals surface area contributed by atoms with Gasteiger partial charge < -0.3 is 39.5 Å². The molecule has 0 aromatic carbocycles. The van der Waals surface area contributed by atoms with Crippen molar-refractivity contribution in [1.82, 2.24) is 43.9 Å². The minimum absolute atomic E-state index is 0.0000704. The maximum absolute atomic E-state index is 14.4. The van der Waals surface area contributed by atoms with Crippen LogP contribution in [0.3, 0.4) is 0 Å². The Kier molecular flexibility index (Phi) is 9.15. The number of piperazine rings is 1. The SMILES string of the molecule is CCc1c(N2CCN(C(=O)c3ncccc3O)CC2)c(=O)n2nc(N(C)CC3COCc4ncc(O)c(=O)n43)nc2n1CC(=O)NC12CC(C(F)(F)C(F)(F)F)(C1)C2. The number of nitrogens with one attached hydrogen (secondary N) is 1. The summed E-state index contributed by atoms with van der Waals surface area (Å²) in [6.45, 7) is 1.94. The van der Waals surface area contributed by atoms with Crippen LogP contribution < -0.4 is 26.2 Å². The number of halogens is 5. The van der Waals surface area contributed by atoms with Gasteiger partial charge in [0.1, 0.15) is 30.4 Å². The lowest BCUT2D eigenvalue weighted by Gasteiger charge is -2.72. The minimum Gasteiger partial charge on any atom is -0.505 e. The van der Waals surface area contributed by atoms with Crippen LogP contribution in [-0.4, -0.2) is 125 Å². The van der Waals surface area contributed by atoms with E-state index in [0.29, 0.717) is 5.69 Å². The number of alkyl halides is 5. The van der Waals surface area contributed by atoms with Crippen LogP contribution in [-0.2, 0) is 29.1 Å². The number of fused-ring (bicyclic) bond motifs is 2. The summed E-state index contributed by atoms with van der Waals surface area (Å²) in [5.74, 6) is -6.75. The Morgan fingerprint density at radius 3 is 2.40 bits per heavy atom. The molecule has 58 heavy (non-hydrogen) atoms. The summed E-state index contributed by atoms with van der Waals surface area (Å²) in [7, 11) is 1.60. The second kappa shape index (κ2) is 13.6.